The lowest BCUT2D eigenvalue weighted by atomic mass is 10.4. The van der Waals surface area contributed by atoms with Crippen molar-refractivity contribution >= 4 is 34.8 Å². The average molecular weight is 507 g/mol. The number of hydrogen-bond acceptors (Lipinski definition) is 9. The smallest absolute Gasteiger partial charge is 0.475 e. The number of imidazole rings is 1. The van der Waals surface area contributed by atoms with Gasteiger partial charge in [-0.15, -0.1) is 5.92 Å². The summed E-state index contributed by atoms with van der Waals surface area (Å²) in [5.41, 5.74) is 0.610. The van der Waals surface area contributed by atoms with Crippen molar-refractivity contribution in [3.63, 3.8) is 0 Å². The number of aliphatic hydroxyl groups is 2. The first-order valence-electron chi connectivity index (χ1n) is 10.1. The highest BCUT2D eigenvalue weighted by atomic mass is 32.2. The van der Waals surface area contributed by atoms with Gasteiger partial charge in [0.25, 0.3) is 5.56 Å². The van der Waals surface area contributed by atoms with E-state index in [9.17, 15) is 23.1 Å². The first-order chi connectivity index (χ1) is 16.0. The molecule has 188 valence electrons. The molecule has 11 nitrogen and oxygen atoms in total. The van der Waals surface area contributed by atoms with E-state index in [0.717, 1.165) is 26.2 Å². The maximum Gasteiger partial charge on any atom is 0.490 e. The van der Waals surface area contributed by atoms with Crippen LogP contribution < -0.4 is 15.8 Å². The van der Waals surface area contributed by atoms with E-state index in [4.69, 9.17) is 15.0 Å². The van der Waals surface area contributed by atoms with Crippen molar-refractivity contribution in [1.82, 2.24) is 24.4 Å². The van der Waals surface area contributed by atoms with Gasteiger partial charge in [-0.1, -0.05) is 17.7 Å². The van der Waals surface area contributed by atoms with Gasteiger partial charge in [0, 0.05) is 39.0 Å². The Morgan fingerprint density at radius 1 is 1.29 bits per heavy atom. The van der Waals surface area contributed by atoms with Crippen molar-refractivity contribution in [3.05, 3.63) is 10.4 Å². The Kier molecular flexibility index (Phi) is 9.74. The Labute approximate surface area is 196 Å². The molecule has 0 amide bonds. The molecule has 0 aromatic carbocycles. The van der Waals surface area contributed by atoms with Crippen LogP contribution in [0, 0.1) is 11.8 Å². The van der Waals surface area contributed by atoms with E-state index in [-0.39, 0.29) is 17.9 Å². The van der Waals surface area contributed by atoms with Gasteiger partial charge in [-0.2, -0.15) is 18.2 Å². The normalized spacial score (nSPS) is 14.7. The third-order valence-corrected chi connectivity index (χ3v) is 5.77. The van der Waals surface area contributed by atoms with E-state index in [2.05, 4.69) is 32.0 Å². The fourth-order valence-electron chi connectivity index (χ4n) is 2.90. The van der Waals surface area contributed by atoms with Crippen LogP contribution in [0.25, 0.3) is 11.2 Å². The summed E-state index contributed by atoms with van der Waals surface area (Å²) in [5.74, 6) is 4.08. The highest BCUT2D eigenvalue weighted by molar-refractivity contribution is 7.99. The number of carbonyl (C=O) groups is 1. The van der Waals surface area contributed by atoms with E-state index in [1.54, 1.807) is 14.0 Å². The van der Waals surface area contributed by atoms with Crippen molar-refractivity contribution < 1.29 is 33.3 Å². The number of aromatic nitrogens is 4. The molecule has 0 spiro atoms. The molecule has 3 rings (SSSR count). The second-order valence-corrected chi connectivity index (χ2v) is 8.03. The first-order valence-corrected chi connectivity index (χ1v) is 11.0. The number of thioether (sulfide) groups is 1. The molecule has 0 radical (unpaired) electrons. The summed E-state index contributed by atoms with van der Waals surface area (Å²) in [7, 11) is 1.65. The molecule has 1 saturated heterocycles. The largest absolute Gasteiger partial charge is 0.490 e. The first kappa shape index (κ1) is 27.4. The molecule has 15 heteroatoms. The number of nitrogens with one attached hydrogen (secondary N) is 1. The fraction of sp³-hybridized carbons (Fsp3) is 0.579. The predicted molar refractivity (Wildman–Crippen MR) is 119 cm³/mol. The molecule has 0 saturated carbocycles. The standard InChI is InChI=1S/C17H24N6O3S.C2HF3O2/c1-3-4-7-23-13-14(19-16(23)22-8-5-18-6-9-22)20-17(21(2)15(13)26)27-11-12(25)10-24;3-2(4,5)1(6)7/h12,18,24-25H,5-11H2,1-2H3;(H,6,7). The molecule has 1 fully saturated rings. The molecule has 0 aliphatic carbocycles. The van der Waals surface area contributed by atoms with Crippen LogP contribution >= 0.6 is 11.8 Å². The quantitative estimate of drug-likeness (QED) is 0.233. The molecule has 3 heterocycles. The minimum atomic E-state index is -5.08. The molecular weight excluding hydrogens is 481 g/mol. The molecule has 1 aliphatic heterocycles. The van der Waals surface area contributed by atoms with E-state index in [1.807, 2.05) is 4.57 Å². The molecule has 2 aromatic rings. The summed E-state index contributed by atoms with van der Waals surface area (Å²) in [4.78, 5) is 33.2. The lowest BCUT2D eigenvalue weighted by molar-refractivity contribution is -0.192. The molecule has 2 aromatic heterocycles. The number of aliphatic hydroxyl groups excluding tert-OH is 2. The summed E-state index contributed by atoms with van der Waals surface area (Å²) in [6, 6.07) is 0. The van der Waals surface area contributed by atoms with Gasteiger partial charge in [-0.25, -0.2) is 9.78 Å². The molecule has 34 heavy (non-hydrogen) atoms. The number of anilines is 1. The van der Waals surface area contributed by atoms with E-state index in [0.29, 0.717) is 28.8 Å². The average Bonchev–Trinajstić information content (AvgIpc) is 3.17. The van der Waals surface area contributed by atoms with Crippen molar-refractivity contribution in [1.29, 1.82) is 0 Å². The van der Waals surface area contributed by atoms with Crippen molar-refractivity contribution in [3.8, 4) is 11.8 Å². The van der Waals surface area contributed by atoms with E-state index in [1.165, 1.54) is 16.3 Å². The third-order valence-electron chi connectivity index (χ3n) is 4.60. The number of hydrogen-bond donors (Lipinski definition) is 4. The number of nitrogens with zero attached hydrogens (tertiary/aromatic N) is 5. The maximum absolute atomic E-state index is 13.0. The van der Waals surface area contributed by atoms with Gasteiger partial charge >= 0.3 is 12.1 Å². The van der Waals surface area contributed by atoms with Gasteiger partial charge < -0.3 is 25.5 Å². The number of aliphatic carboxylic acids is 1. The molecule has 4 N–H and O–H groups in total. The summed E-state index contributed by atoms with van der Waals surface area (Å²) in [6.07, 6.45) is -5.95. The monoisotopic (exact) mass is 506 g/mol. The van der Waals surface area contributed by atoms with Crippen LogP contribution in [-0.2, 0) is 18.4 Å². The topological polar surface area (TPSA) is 146 Å². The van der Waals surface area contributed by atoms with E-state index >= 15 is 0 Å². The molecule has 1 atom stereocenters. The van der Waals surface area contributed by atoms with Crippen LogP contribution in [-0.4, -0.2) is 91.2 Å². The van der Waals surface area contributed by atoms with Crippen LogP contribution in [0.15, 0.2) is 9.95 Å². The number of piperazine rings is 1. The third kappa shape index (κ3) is 6.86. The van der Waals surface area contributed by atoms with Crippen LogP contribution in [0.5, 0.6) is 0 Å². The number of carboxylic acids is 1. The van der Waals surface area contributed by atoms with Crippen molar-refractivity contribution in [2.24, 2.45) is 7.05 Å². The number of alkyl halides is 3. The zero-order valence-electron chi connectivity index (χ0n) is 18.5. The van der Waals surface area contributed by atoms with E-state index < -0.39 is 18.2 Å². The molecular formula is C19H25F3N6O5S. The Balaban J connectivity index is 0.000000509. The molecule has 1 aliphatic rings. The van der Waals surface area contributed by atoms with Gasteiger partial charge in [0.1, 0.15) is 0 Å². The van der Waals surface area contributed by atoms with Crippen LogP contribution in [0.1, 0.15) is 6.92 Å². The zero-order chi connectivity index (χ0) is 25.5. The maximum atomic E-state index is 13.0. The van der Waals surface area contributed by atoms with Gasteiger partial charge in [0.15, 0.2) is 16.3 Å². The summed E-state index contributed by atoms with van der Waals surface area (Å²) in [5, 5.41) is 29.4. The highest BCUT2D eigenvalue weighted by Gasteiger charge is 2.38. The van der Waals surface area contributed by atoms with Crippen LogP contribution in [0.3, 0.4) is 0 Å². The highest BCUT2D eigenvalue weighted by Crippen LogP contribution is 2.23. The Morgan fingerprint density at radius 2 is 1.91 bits per heavy atom. The number of halogens is 3. The van der Waals surface area contributed by atoms with Gasteiger partial charge in [0.05, 0.1) is 19.3 Å². The SMILES string of the molecule is CC#CCn1c(N2CCNCC2)nc2nc(SCC(O)CO)n(C)c(=O)c21.O=C(O)C(F)(F)F. The fourth-order valence-corrected chi connectivity index (χ4v) is 3.77. The summed E-state index contributed by atoms with van der Waals surface area (Å²) in [6.45, 7) is 5.12. The molecule has 0 bridgehead atoms. The van der Waals surface area contributed by atoms with Crippen molar-refractivity contribution in [2.75, 3.05) is 43.4 Å². The lowest BCUT2D eigenvalue weighted by Crippen LogP contribution is -2.44. The number of rotatable bonds is 6. The molecule has 1 unspecified atom stereocenters. The second kappa shape index (κ2) is 12.1. The number of fused-ring (bicyclic) bond motifs is 1. The Morgan fingerprint density at radius 3 is 2.44 bits per heavy atom. The predicted octanol–water partition coefficient (Wildman–Crippen LogP) is -0.358. The van der Waals surface area contributed by atoms with Gasteiger partial charge in [-0.05, 0) is 6.92 Å². The van der Waals surface area contributed by atoms with Gasteiger partial charge in [0.2, 0.25) is 5.95 Å². The summed E-state index contributed by atoms with van der Waals surface area (Å²) >= 11 is 1.22. The Bertz CT molecular complexity index is 1120. The second-order valence-electron chi connectivity index (χ2n) is 7.04. The zero-order valence-corrected chi connectivity index (χ0v) is 19.3. The Hall–Kier alpha value is -2.80. The van der Waals surface area contributed by atoms with Crippen LogP contribution in [0.2, 0.25) is 0 Å². The van der Waals surface area contributed by atoms with Crippen LogP contribution in [0.4, 0.5) is 19.1 Å². The number of carboxylic acid groups (broad SMARTS) is 1. The summed E-state index contributed by atoms with van der Waals surface area (Å²) < 4.78 is 35.0. The lowest BCUT2D eigenvalue weighted by Gasteiger charge is -2.28. The minimum Gasteiger partial charge on any atom is -0.475 e. The minimum absolute atomic E-state index is 0.201. The van der Waals surface area contributed by atoms with Crippen molar-refractivity contribution in [2.45, 2.75) is 30.9 Å². The van der Waals surface area contributed by atoms with Gasteiger partial charge in [-0.3, -0.25) is 13.9 Å².